The average molecular weight is 418 g/mol. The normalized spacial score (nSPS) is 16.0. The van der Waals surface area contributed by atoms with Crippen LogP contribution in [0.1, 0.15) is 18.9 Å². The van der Waals surface area contributed by atoms with Gasteiger partial charge in [0.2, 0.25) is 0 Å². The Morgan fingerprint density at radius 3 is 2.79 bits per heavy atom. The third-order valence-electron chi connectivity index (χ3n) is 4.34. The second-order valence-electron chi connectivity index (χ2n) is 6.32. The number of nitriles is 1. The van der Waals surface area contributed by atoms with Gasteiger partial charge in [0.25, 0.3) is 11.5 Å². The number of carbonyl (C=O) groups is 1. The first-order valence-electron chi connectivity index (χ1n) is 9.03. The number of benzene rings is 1. The van der Waals surface area contributed by atoms with Crippen molar-refractivity contribution in [3.05, 3.63) is 54.4 Å². The largest absolute Gasteiger partial charge is 0.378 e. The minimum absolute atomic E-state index is 0.00296. The number of nitrogens with zero attached hydrogens (tertiary/aromatic N) is 3. The van der Waals surface area contributed by atoms with Crippen LogP contribution in [-0.2, 0) is 16.1 Å². The van der Waals surface area contributed by atoms with Crippen molar-refractivity contribution < 1.29 is 9.53 Å². The molecule has 146 valence electrons. The number of carbonyl (C=O) groups excluding carboxylic acids is 1. The van der Waals surface area contributed by atoms with Crippen LogP contribution in [0.5, 0.6) is 0 Å². The van der Waals surface area contributed by atoms with Crippen LogP contribution < -0.4 is 14.8 Å². The molecule has 28 heavy (non-hydrogen) atoms. The first kappa shape index (κ1) is 20.3. The Kier molecular flexibility index (Phi) is 6.68. The van der Waals surface area contributed by atoms with Crippen molar-refractivity contribution in [1.82, 2.24) is 9.47 Å². The summed E-state index contributed by atoms with van der Waals surface area (Å²) in [6.45, 7) is 4.17. The summed E-state index contributed by atoms with van der Waals surface area (Å²) in [6, 6.07) is 9.21. The predicted octanol–water partition coefficient (Wildman–Crippen LogP) is 1.34. The van der Waals surface area contributed by atoms with Crippen molar-refractivity contribution in [2.45, 2.75) is 19.9 Å². The number of rotatable bonds is 4. The molecule has 2 heterocycles. The van der Waals surface area contributed by atoms with E-state index in [1.165, 1.54) is 15.9 Å². The zero-order valence-electron chi connectivity index (χ0n) is 15.5. The van der Waals surface area contributed by atoms with E-state index in [1.807, 2.05) is 25.1 Å². The van der Waals surface area contributed by atoms with Crippen LogP contribution in [0.25, 0.3) is 11.6 Å². The van der Waals surface area contributed by atoms with Gasteiger partial charge in [-0.2, -0.15) is 5.26 Å². The highest BCUT2D eigenvalue weighted by Crippen LogP contribution is 2.11. The SMILES string of the molecule is CCCn1c(=O)/c(=C/c2cccc(Cl)c2)s/c1=C(/C#N)C(=O)N1CCOCC1. The summed E-state index contributed by atoms with van der Waals surface area (Å²) >= 11 is 7.20. The first-order valence-corrected chi connectivity index (χ1v) is 10.2. The van der Waals surface area contributed by atoms with E-state index in [4.69, 9.17) is 16.3 Å². The second-order valence-corrected chi connectivity index (χ2v) is 7.79. The minimum atomic E-state index is -0.355. The minimum Gasteiger partial charge on any atom is -0.378 e. The van der Waals surface area contributed by atoms with Crippen molar-refractivity contribution >= 4 is 40.5 Å². The topological polar surface area (TPSA) is 75.3 Å². The molecule has 0 N–H and O–H groups in total. The van der Waals surface area contributed by atoms with E-state index in [1.54, 1.807) is 23.1 Å². The van der Waals surface area contributed by atoms with Gasteiger partial charge in [0.15, 0.2) is 5.57 Å². The third-order valence-corrected chi connectivity index (χ3v) is 5.70. The van der Waals surface area contributed by atoms with Crippen molar-refractivity contribution in [2.24, 2.45) is 0 Å². The van der Waals surface area contributed by atoms with Gasteiger partial charge in [-0.3, -0.25) is 14.2 Å². The maximum atomic E-state index is 12.9. The molecule has 0 unspecified atom stereocenters. The summed E-state index contributed by atoms with van der Waals surface area (Å²) in [5, 5.41) is 10.3. The number of aromatic nitrogens is 1. The lowest BCUT2D eigenvalue weighted by Gasteiger charge is -2.26. The molecule has 3 rings (SSSR count). The lowest BCUT2D eigenvalue weighted by Crippen LogP contribution is -2.42. The van der Waals surface area contributed by atoms with Gasteiger partial charge in [-0.25, -0.2) is 0 Å². The highest BCUT2D eigenvalue weighted by atomic mass is 35.5. The van der Waals surface area contributed by atoms with E-state index in [0.717, 1.165) is 5.56 Å². The second kappa shape index (κ2) is 9.20. The molecular formula is C20H20ClN3O3S. The summed E-state index contributed by atoms with van der Waals surface area (Å²) in [7, 11) is 0. The summed E-state index contributed by atoms with van der Waals surface area (Å²) in [5.74, 6) is -0.355. The monoisotopic (exact) mass is 417 g/mol. The molecule has 1 fully saturated rings. The fourth-order valence-corrected chi connectivity index (χ4v) is 4.31. The molecule has 1 amide bonds. The predicted molar refractivity (Wildman–Crippen MR) is 110 cm³/mol. The van der Waals surface area contributed by atoms with E-state index >= 15 is 0 Å². The summed E-state index contributed by atoms with van der Waals surface area (Å²) < 4.78 is 7.67. The fourth-order valence-electron chi connectivity index (χ4n) is 2.99. The lowest BCUT2D eigenvalue weighted by molar-refractivity contribution is -0.128. The van der Waals surface area contributed by atoms with Crippen LogP contribution in [-0.4, -0.2) is 41.7 Å². The van der Waals surface area contributed by atoms with E-state index < -0.39 is 0 Å². The van der Waals surface area contributed by atoms with Gasteiger partial charge in [0.1, 0.15) is 10.7 Å². The molecule has 0 aliphatic carbocycles. The molecule has 0 saturated carbocycles. The Balaban J connectivity index is 2.18. The molecule has 1 aromatic heterocycles. The number of morpholine rings is 1. The van der Waals surface area contributed by atoms with Gasteiger partial charge in [-0.1, -0.05) is 30.7 Å². The molecule has 0 bridgehead atoms. The zero-order chi connectivity index (χ0) is 20.1. The average Bonchev–Trinajstić information content (AvgIpc) is 2.99. The van der Waals surface area contributed by atoms with Crippen molar-refractivity contribution in [3.63, 3.8) is 0 Å². The smallest absolute Gasteiger partial charge is 0.269 e. The number of thiazole rings is 1. The Bertz CT molecular complexity index is 1090. The van der Waals surface area contributed by atoms with Crippen LogP contribution in [0.3, 0.4) is 0 Å². The van der Waals surface area contributed by atoms with Crippen molar-refractivity contribution in [1.29, 1.82) is 5.26 Å². The quantitative estimate of drug-likeness (QED) is 0.752. The van der Waals surface area contributed by atoms with E-state index in [9.17, 15) is 14.9 Å². The van der Waals surface area contributed by atoms with Gasteiger partial charge < -0.3 is 9.64 Å². The van der Waals surface area contributed by atoms with Gasteiger partial charge >= 0.3 is 0 Å². The number of halogens is 1. The van der Waals surface area contributed by atoms with Crippen molar-refractivity contribution in [2.75, 3.05) is 26.3 Å². The van der Waals surface area contributed by atoms with Crippen LogP contribution in [0.4, 0.5) is 0 Å². The molecule has 8 heteroatoms. The number of amides is 1. The molecule has 0 radical (unpaired) electrons. The first-order chi connectivity index (χ1) is 13.5. The summed E-state index contributed by atoms with van der Waals surface area (Å²) in [6.07, 6.45) is 2.45. The Labute approximate surface area is 171 Å². The van der Waals surface area contributed by atoms with Gasteiger partial charge in [-0.15, -0.1) is 11.3 Å². The summed E-state index contributed by atoms with van der Waals surface area (Å²) in [5.41, 5.74) is 0.589. The molecular weight excluding hydrogens is 398 g/mol. The number of hydrogen-bond donors (Lipinski definition) is 0. The van der Waals surface area contributed by atoms with Gasteiger partial charge in [-0.05, 0) is 30.2 Å². The molecule has 1 saturated heterocycles. The molecule has 1 aliphatic rings. The zero-order valence-corrected chi connectivity index (χ0v) is 17.1. The van der Waals surface area contributed by atoms with Crippen LogP contribution in [0.2, 0.25) is 5.02 Å². The fraction of sp³-hybridized carbons (Fsp3) is 0.350. The molecule has 1 aliphatic heterocycles. The number of ether oxygens (including phenoxy) is 1. The Hall–Kier alpha value is -2.40. The molecule has 1 aromatic carbocycles. The number of hydrogen-bond acceptors (Lipinski definition) is 5. The molecule has 0 atom stereocenters. The molecule has 0 spiro atoms. The lowest BCUT2D eigenvalue weighted by atomic mass is 10.2. The Morgan fingerprint density at radius 2 is 2.14 bits per heavy atom. The van der Waals surface area contributed by atoms with Gasteiger partial charge in [0, 0.05) is 24.7 Å². The van der Waals surface area contributed by atoms with E-state index in [2.05, 4.69) is 0 Å². The van der Waals surface area contributed by atoms with Gasteiger partial charge in [0.05, 0.1) is 17.7 Å². The molecule has 2 aromatic rings. The maximum absolute atomic E-state index is 12.9. The maximum Gasteiger partial charge on any atom is 0.269 e. The Morgan fingerprint density at radius 1 is 1.39 bits per heavy atom. The summed E-state index contributed by atoms with van der Waals surface area (Å²) in [4.78, 5) is 27.4. The highest BCUT2D eigenvalue weighted by Gasteiger charge is 2.23. The van der Waals surface area contributed by atoms with Crippen LogP contribution in [0, 0.1) is 11.3 Å². The third kappa shape index (κ3) is 4.36. The van der Waals surface area contributed by atoms with Crippen LogP contribution in [0.15, 0.2) is 29.1 Å². The molecule has 6 nitrogen and oxygen atoms in total. The highest BCUT2D eigenvalue weighted by molar-refractivity contribution is 7.07. The standard InChI is InChI=1S/C20H20ClN3O3S/c1-2-6-24-19(26)17(12-14-4-3-5-15(21)11-14)28-20(24)16(13-22)18(25)23-7-9-27-10-8-23/h3-5,11-12H,2,6-10H2,1H3/b17-12-,20-16-. The van der Waals surface area contributed by atoms with Crippen LogP contribution >= 0.6 is 22.9 Å². The van der Waals surface area contributed by atoms with E-state index in [-0.39, 0.29) is 17.0 Å². The van der Waals surface area contributed by atoms with E-state index in [0.29, 0.717) is 53.5 Å². The van der Waals surface area contributed by atoms with Crippen molar-refractivity contribution in [3.8, 4) is 6.07 Å².